The predicted molar refractivity (Wildman–Crippen MR) is 116 cm³/mol. The smallest absolute Gasteiger partial charge is 0.266 e. The summed E-state index contributed by atoms with van der Waals surface area (Å²) in [6, 6.07) is 12.2. The number of thioether (sulfide) groups is 1. The average molecular weight is 460 g/mol. The van der Waals surface area contributed by atoms with E-state index < -0.39 is 11.4 Å². The van der Waals surface area contributed by atoms with E-state index >= 15 is 0 Å². The third kappa shape index (κ3) is 4.54. The lowest BCUT2D eigenvalue weighted by Gasteiger charge is -2.11. The molecule has 2 aromatic heterocycles. The molecular formula is C20H15ClFN5O3S. The Morgan fingerprint density at radius 2 is 2.06 bits per heavy atom. The number of halogens is 2. The summed E-state index contributed by atoms with van der Waals surface area (Å²) in [7, 11) is 1.48. The molecule has 1 amide bonds. The van der Waals surface area contributed by atoms with Crippen LogP contribution < -0.4 is 15.6 Å². The molecule has 2 heterocycles. The van der Waals surface area contributed by atoms with Gasteiger partial charge in [-0.05, 0) is 30.3 Å². The van der Waals surface area contributed by atoms with E-state index in [1.807, 2.05) is 0 Å². The van der Waals surface area contributed by atoms with Gasteiger partial charge >= 0.3 is 0 Å². The predicted octanol–water partition coefficient (Wildman–Crippen LogP) is 3.62. The van der Waals surface area contributed by atoms with Crippen molar-refractivity contribution in [1.82, 2.24) is 19.6 Å². The number of anilines is 1. The molecule has 0 aliphatic carbocycles. The van der Waals surface area contributed by atoms with Gasteiger partial charge in [0.25, 0.3) is 5.56 Å². The molecule has 8 nitrogen and oxygen atoms in total. The number of carbonyl (C=O) groups is 1. The number of rotatable bonds is 6. The second-order valence-corrected chi connectivity index (χ2v) is 7.68. The van der Waals surface area contributed by atoms with Gasteiger partial charge in [0.2, 0.25) is 5.91 Å². The van der Waals surface area contributed by atoms with E-state index in [9.17, 15) is 14.0 Å². The van der Waals surface area contributed by atoms with Gasteiger partial charge in [-0.3, -0.25) is 14.7 Å². The van der Waals surface area contributed by atoms with E-state index in [1.54, 1.807) is 36.4 Å². The van der Waals surface area contributed by atoms with E-state index in [0.29, 0.717) is 16.5 Å². The number of ether oxygens (including phenoxy) is 1. The lowest BCUT2D eigenvalue weighted by Crippen LogP contribution is -2.15. The van der Waals surface area contributed by atoms with Crippen LogP contribution >= 0.6 is 23.4 Å². The number of H-pyrrole nitrogens is 1. The molecule has 31 heavy (non-hydrogen) atoms. The molecule has 0 radical (unpaired) electrons. The first-order valence-electron chi connectivity index (χ1n) is 8.95. The molecular weight excluding hydrogens is 445 g/mol. The summed E-state index contributed by atoms with van der Waals surface area (Å²) in [5, 5.41) is 6.02. The van der Waals surface area contributed by atoms with Crippen LogP contribution in [0.4, 0.5) is 10.1 Å². The third-order valence-electron chi connectivity index (χ3n) is 4.21. The summed E-state index contributed by atoms with van der Waals surface area (Å²) in [5.74, 6) is -0.315. The molecule has 0 aliphatic heterocycles. The van der Waals surface area contributed by atoms with Crippen molar-refractivity contribution in [3.63, 3.8) is 0 Å². The quantitative estimate of drug-likeness (QED) is 0.427. The highest BCUT2D eigenvalue weighted by Crippen LogP contribution is 2.28. The summed E-state index contributed by atoms with van der Waals surface area (Å²) in [4.78, 5) is 32.9. The fourth-order valence-corrected chi connectivity index (χ4v) is 3.76. The normalized spacial score (nSPS) is 10.9. The minimum atomic E-state index is -0.494. The van der Waals surface area contributed by atoms with Gasteiger partial charge in [-0.15, -0.1) is 0 Å². The maximum atomic E-state index is 14.2. The summed E-state index contributed by atoms with van der Waals surface area (Å²) in [6.45, 7) is 0. The number of benzene rings is 2. The number of methoxy groups -OCH3 is 1. The van der Waals surface area contributed by atoms with Gasteiger partial charge in [-0.2, -0.15) is 0 Å². The van der Waals surface area contributed by atoms with Crippen LogP contribution in [0, 0.1) is 5.82 Å². The fraction of sp³-hybridized carbons (Fsp3) is 0.100. The number of amides is 1. The van der Waals surface area contributed by atoms with E-state index in [2.05, 4.69) is 20.4 Å². The summed E-state index contributed by atoms with van der Waals surface area (Å²) < 4.78 is 20.8. The molecule has 0 saturated heterocycles. The van der Waals surface area contributed by atoms with Crippen molar-refractivity contribution < 1.29 is 13.9 Å². The Morgan fingerprint density at radius 3 is 2.84 bits per heavy atom. The highest BCUT2D eigenvalue weighted by molar-refractivity contribution is 7.99. The van der Waals surface area contributed by atoms with Crippen molar-refractivity contribution >= 4 is 40.6 Å². The van der Waals surface area contributed by atoms with Crippen LogP contribution in [-0.4, -0.2) is 38.4 Å². The Balaban J connectivity index is 1.61. The van der Waals surface area contributed by atoms with Crippen molar-refractivity contribution in [3.05, 3.63) is 69.7 Å². The number of aromatic nitrogens is 4. The Hall–Kier alpha value is -3.37. The Labute approximate surface area is 184 Å². The number of carbonyl (C=O) groups excluding carboxylic acids is 1. The largest absolute Gasteiger partial charge is 0.495 e. The maximum Gasteiger partial charge on any atom is 0.266 e. The Morgan fingerprint density at radius 1 is 1.26 bits per heavy atom. The van der Waals surface area contributed by atoms with Crippen molar-refractivity contribution in [3.8, 4) is 17.1 Å². The minimum Gasteiger partial charge on any atom is -0.495 e. The lowest BCUT2D eigenvalue weighted by molar-refractivity contribution is -0.113. The topological polar surface area (TPSA) is 101 Å². The van der Waals surface area contributed by atoms with Crippen molar-refractivity contribution in [1.29, 1.82) is 0 Å². The standard InChI is InChI=1S/C20H15ClFN5O3S/c1-30-15-7-6-11(21)8-14(15)23-18(29)10-31-20-25-19(12-4-2-3-5-13(12)22)24-16-9-17(28)26-27(16)20/h2-9H,10H2,1H3,(H,23,29)(H,26,28). The molecule has 0 aliphatic rings. The molecule has 0 saturated carbocycles. The average Bonchev–Trinajstić information content (AvgIpc) is 3.12. The molecule has 4 rings (SSSR count). The zero-order chi connectivity index (χ0) is 22.0. The van der Waals surface area contributed by atoms with Crippen LogP contribution in [0.1, 0.15) is 0 Å². The number of hydrogen-bond donors (Lipinski definition) is 2. The Kier molecular flexibility index (Phi) is 5.92. The zero-order valence-corrected chi connectivity index (χ0v) is 17.6. The van der Waals surface area contributed by atoms with Crippen LogP contribution in [0.3, 0.4) is 0 Å². The monoisotopic (exact) mass is 459 g/mol. The molecule has 11 heteroatoms. The molecule has 4 aromatic rings. The fourth-order valence-electron chi connectivity index (χ4n) is 2.84. The van der Waals surface area contributed by atoms with Gasteiger partial charge in [0.05, 0.1) is 24.1 Å². The van der Waals surface area contributed by atoms with Crippen LogP contribution in [0.2, 0.25) is 5.02 Å². The van der Waals surface area contributed by atoms with Gasteiger partial charge in [-0.1, -0.05) is 35.5 Å². The first-order chi connectivity index (χ1) is 14.9. The highest BCUT2D eigenvalue weighted by Gasteiger charge is 2.16. The van der Waals surface area contributed by atoms with Crippen molar-refractivity contribution in [2.75, 3.05) is 18.2 Å². The summed E-state index contributed by atoms with van der Waals surface area (Å²) in [5.41, 5.74) is 0.482. The minimum absolute atomic E-state index is 0.0430. The van der Waals surface area contributed by atoms with Gasteiger partial charge in [0, 0.05) is 11.1 Å². The molecule has 0 atom stereocenters. The SMILES string of the molecule is COc1ccc(Cl)cc1NC(=O)CSc1nc(-c2ccccc2F)nc2cc(=O)[nH]n12. The molecule has 0 spiro atoms. The van der Waals surface area contributed by atoms with E-state index in [0.717, 1.165) is 11.8 Å². The first-order valence-corrected chi connectivity index (χ1v) is 10.3. The van der Waals surface area contributed by atoms with Gasteiger partial charge in [0.15, 0.2) is 16.6 Å². The molecule has 0 bridgehead atoms. The Bertz CT molecular complexity index is 1340. The van der Waals surface area contributed by atoms with E-state index in [4.69, 9.17) is 16.3 Å². The molecule has 158 valence electrons. The van der Waals surface area contributed by atoms with Gasteiger partial charge in [0.1, 0.15) is 11.6 Å². The maximum absolute atomic E-state index is 14.2. The van der Waals surface area contributed by atoms with Crippen molar-refractivity contribution in [2.24, 2.45) is 0 Å². The summed E-state index contributed by atoms with van der Waals surface area (Å²) in [6.07, 6.45) is 0. The summed E-state index contributed by atoms with van der Waals surface area (Å²) >= 11 is 7.05. The molecule has 0 fully saturated rings. The third-order valence-corrected chi connectivity index (χ3v) is 5.38. The van der Waals surface area contributed by atoms with Crippen molar-refractivity contribution in [2.45, 2.75) is 5.16 Å². The number of nitrogens with zero attached hydrogens (tertiary/aromatic N) is 3. The number of fused-ring (bicyclic) bond motifs is 1. The molecule has 2 N–H and O–H groups in total. The number of aromatic amines is 1. The van der Waals surface area contributed by atoms with Crippen LogP contribution in [0.15, 0.2) is 58.5 Å². The first kappa shape index (κ1) is 20.9. The second-order valence-electron chi connectivity index (χ2n) is 6.31. The number of nitrogens with one attached hydrogen (secondary N) is 2. The molecule has 2 aromatic carbocycles. The van der Waals surface area contributed by atoms with E-state index in [1.165, 1.54) is 23.8 Å². The number of hydrogen-bond acceptors (Lipinski definition) is 6. The lowest BCUT2D eigenvalue weighted by atomic mass is 10.2. The van der Waals surface area contributed by atoms with Crippen LogP contribution in [0.5, 0.6) is 5.75 Å². The van der Waals surface area contributed by atoms with Gasteiger partial charge < -0.3 is 10.1 Å². The molecule has 0 unspecified atom stereocenters. The van der Waals surface area contributed by atoms with Crippen LogP contribution in [-0.2, 0) is 4.79 Å². The van der Waals surface area contributed by atoms with E-state index in [-0.39, 0.29) is 33.9 Å². The second kappa shape index (κ2) is 8.78. The highest BCUT2D eigenvalue weighted by atomic mass is 35.5. The zero-order valence-electron chi connectivity index (χ0n) is 16.1. The van der Waals surface area contributed by atoms with Crippen LogP contribution in [0.25, 0.3) is 17.0 Å². The van der Waals surface area contributed by atoms with Gasteiger partial charge in [-0.25, -0.2) is 18.9 Å².